The van der Waals surface area contributed by atoms with Crippen LogP contribution in [0.1, 0.15) is 62.4 Å². The van der Waals surface area contributed by atoms with Gasteiger partial charge in [-0.25, -0.2) is 0 Å². The van der Waals surface area contributed by atoms with E-state index in [0.29, 0.717) is 17.6 Å². The van der Waals surface area contributed by atoms with Gasteiger partial charge in [0.2, 0.25) is 0 Å². The van der Waals surface area contributed by atoms with Crippen LogP contribution in [0.5, 0.6) is 5.75 Å². The lowest BCUT2D eigenvalue weighted by Gasteiger charge is -2.16. The van der Waals surface area contributed by atoms with Crippen LogP contribution >= 0.6 is 0 Å². The van der Waals surface area contributed by atoms with Gasteiger partial charge in [0.05, 0.1) is 6.61 Å². The summed E-state index contributed by atoms with van der Waals surface area (Å²) in [6.45, 7) is 9.28. The van der Waals surface area contributed by atoms with E-state index in [0.717, 1.165) is 36.3 Å². The van der Waals surface area contributed by atoms with Crippen molar-refractivity contribution >= 4 is 5.78 Å². The van der Waals surface area contributed by atoms with E-state index in [2.05, 4.69) is 27.7 Å². The molecular weight excluding hydrogens is 236 g/mol. The predicted molar refractivity (Wildman–Crippen MR) is 77.9 cm³/mol. The van der Waals surface area contributed by atoms with E-state index < -0.39 is 0 Å². The largest absolute Gasteiger partial charge is 0.493 e. The van der Waals surface area contributed by atoms with Gasteiger partial charge in [0.25, 0.3) is 0 Å². The molecule has 104 valence electrons. The lowest BCUT2D eigenvalue weighted by Crippen LogP contribution is -2.08. The molecule has 2 rings (SSSR count). The normalized spacial score (nSPS) is 15.1. The maximum absolute atomic E-state index is 12.1. The van der Waals surface area contributed by atoms with Crippen molar-refractivity contribution < 1.29 is 9.53 Å². The maximum Gasteiger partial charge on any atom is 0.165 e. The topological polar surface area (TPSA) is 26.3 Å². The highest BCUT2D eigenvalue weighted by Gasteiger charge is 2.30. The summed E-state index contributed by atoms with van der Waals surface area (Å²) in [5.41, 5.74) is 2.00. The molecule has 0 spiro atoms. The second kappa shape index (κ2) is 5.77. The van der Waals surface area contributed by atoms with E-state index >= 15 is 0 Å². The smallest absolute Gasteiger partial charge is 0.165 e. The molecule has 1 aromatic rings. The first kappa shape index (κ1) is 14.1. The van der Waals surface area contributed by atoms with Crippen LogP contribution in [0, 0.1) is 11.8 Å². The van der Waals surface area contributed by atoms with Gasteiger partial charge in [0, 0.05) is 11.5 Å². The van der Waals surface area contributed by atoms with E-state index in [4.69, 9.17) is 4.74 Å². The van der Waals surface area contributed by atoms with Crippen LogP contribution in [0.4, 0.5) is 0 Å². The van der Waals surface area contributed by atoms with Crippen LogP contribution in [0.15, 0.2) is 18.2 Å². The van der Waals surface area contributed by atoms with Crippen molar-refractivity contribution in [2.75, 3.05) is 6.61 Å². The van der Waals surface area contributed by atoms with Gasteiger partial charge in [-0.1, -0.05) is 27.7 Å². The molecule has 0 aromatic heterocycles. The Kier molecular flexibility index (Phi) is 4.28. The van der Waals surface area contributed by atoms with Crippen LogP contribution in [-0.4, -0.2) is 12.4 Å². The molecule has 19 heavy (non-hydrogen) atoms. The molecule has 0 unspecified atom stereocenters. The molecule has 1 aliphatic carbocycles. The minimum absolute atomic E-state index is 0.280. The van der Waals surface area contributed by atoms with Gasteiger partial charge < -0.3 is 4.74 Å². The van der Waals surface area contributed by atoms with Crippen molar-refractivity contribution in [3.05, 3.63) is 29.3 Å². The second-order valence-corrected chi connectivity index (χ2v) is 6.25. The number of carbonyl (C=O) groups is 1. The van der Waals surface area contributed by atoms with Crippen molar-refractivity contribution in [3.63, 3.8) is 0 Å². The summed E-state index contributed by atoms with van der Waals surface area (Å²) in [5.74, 6) is 2.39. The summed E-state index contributed by atoms with van der Waals surface area (Å²) in [5, 5.41) is 0. The summed E-state index contributed by atoms with van der Waals surface area (Å²) in [7, 11) is 0. The number of hydrogen-bond donors (Lipinski definition) is 0. The average Bonchev–Trinajstić information content (AvgIpc) is 3.19. The first-order valence-electron chi connectivity index (χ1n) is 7.30. The van der Waals surface area contributed by atoms with Crippen molar-refractivity contribution in [2.24, 2.45) is 11.8 Å². The molecule has 1 aromatic carbocycles. The van der Waals surface area contributed by atoms with Crippen molar-refractivity contribution in [3.8, 4) is 5.75 Å². The Hall–Kier alpha value is -1.31. The van der Waals surface area contributed by atoms with Gasteiger partial charge in [-0.15, -0.1) is 0 Å². The SMILES string of the molecule is CC(C)COc1ccc(C(=O)C2CC2)cc1C(C)C. The highest BCUT2D eigenvalue weighted by Crippen LogP contribution is 2.35. The Bertz CT molecular complexity index is 456. The molecule has 0 atom stereocenters. The summed E-state index contributed by atoms with van der Waals surface area (Å²) in [4.78, 5) is 12.1. The Morgan fingerprint density at radius 3 is 2.47 bits per heavy atom. The Morgan fingerprint density at radius 2 is 1.95 bits per heavy atom. The fraction of sp³-hybridized carbons (Fsp3) is 0.588. The van der Waals surface area contributed by atoms with Gasteiger partial charge in [-0.3, -0.25) is 4.79 Å². The zero-order chi connectivity index (χ0) is 14.0. The van der Waals surface area contributed by atoms with Gasteiger partial charge in [-0.2, -0.15) is 0 Å². The molecule has 2 nitrogen and oxygen atoms in total. The van der Waals surface area contributed by atoms with Crippen molar-refractivity contribution in [2.45, 2.75) is 46.5 Å². The van der Waals surface area contributed by atoms with Crippen LogP contribution in [0.3, 0.4) is 0 Å². The second-order valence-electron chi connectivity index (χ2n) is 6.25. The summed E-state index contributed by atoms with van der Waals surface area (Å²) in [6, 6.07) is 5.91. The van der Waals surface area contributed by atoms with Crippen molar-refractivity contribution in [1.29, 1.82) is 0 Å². The first-order valence-corrected chi connectivity index (χ1v) is 7.30. The third kappa shape index (κ3) is 3.59. The Morgan fingerprint density at radius 1 is 1.26 bits per heavy atom. The number of benzene rings is 1. The Labute approximate surface area is 116 Å². The molecule has 1 aliphatic rings. The highest BCUT2D eigenvalue weighted by atomic mass is 16.5. The van der Waals surface area contributed by atoms with Crippen LogP contribution in [0.2, 0.25) is 0 Å². The summed E-state index contributed by atoms with van der Waals surface area (Å²) in [6.07, 6.45) is 2.11. The molecule has 0 bridgehead atoms. The predicted octanol–water partition coefficient (Wildman–Crippen LogP) is 4.44. The molecule has 1 saturated carbocycles. The lowest BCUT2D eigenvalue weighted by atomic mass is 9.97. The van der Waals surface area contributed by atoms with Gasteiger partial charge in [-0.05, 0) is 48.4 Å². The fourth-order valence-electron chi connectivity index (χ4n) is 2.12. The molecule has 1 fully saturated rings. The zero-order valence-corrected chi connectivity index (χ0v) is 12.4. The molecule has 0 aliphatic heterocycles. The third-order valence-corrected chi connectivity index (χ3v) is 3.44. The Balaban J connectivity index is 2.21. The van der Waals surface area contributed by atoms with Gasteiger partial charge in [0.1, 0.15) is 5.75 Å². The van der Waals surface area contributed by atoms with E-state index in [9.17, 15) is 4.79 Å². The number of ketones is 1. The third-order valence-electron chi connectivity index (χ3n) is 3.44. The molecule has 0 amide bonds. The summed E-state index contributed by atoms with van der Waals surface area (Å²) < 4.78 is 5.86. The quantitative estimate of drug-likeness (QED) is 0.707. The first-order chi connectivity index (χ1) is 8.99. The van der Waals surface area contributed by atoms with Gasteiger partial charge >= 0.3 is 0 Å². The fourth-order valence-corrected chi connectivity index (χ4v) is 2.12. The summed E-state index contributed by atoms with van der Waals surface area (Å²) >= 11 is 0. The van der Waals surface area contributed by atoms with E-state index in [1.54, 1.807) is 0 Å². The lowest BCUT2D eigenvalue weighted by molar-refractivity contribution is 0.0967. The molecule has 0 saturated heterocycles. The minimum atomic E-state index is 0.280. The molecule has 0 heterocycles. The van der Waals surface area contributed by atoms with Crippen LogP contribution in [-0.2, 0) is 0 Å². The standard InChI is InChI=1S/C17H24O2/c1-11(2)10-19-16-8-7-14(9-15(16)12(3)4)17(18)13-5-6-13/h7-9,11-13H,5-6,10H2,1-4H3. The van der Waals surface area contributed by atoms with Crippen LogP contribution in [0.25, 0.3) is 0 Å². The van der Waals surface area contributed by atoms with Crippen molar-refractivity contribution in [1.82, 2.24) is 0 Å². The van der Waals surface area contributed by atoms with E-state index in [1.807, 2.05) is 18.2 Å². The molecule has 0 radical (unpaired) electrons. The van der Waals surface area contributed by atoms with E-state index in [-0.39, 0.29) is 5.92 Å². The number of Topliss-reactive ketones (excluding diaryl/α,β-unsaturated/α-hetero) is 1. The van der Waals surface area contributed by atoms with Gasteiger partial charge in [0.15, 0.2) is 5.78 Å². The molecule has 0 N–H and O–H groups in total. The number of hydrogen-bond acceptors (Lipinski definition) is 2. The number of carbonyl (C=O) groups excluding carboxylic acids is 1. The number of ether oxygens (including phenoxy) is 1. The highest BCUT2D eigenvalue weighted by molar-refractivity contribution is 5.99. The maximum atomic E-state index is 12.1. The van der Waals surface area contributed by atoms with E-state index in [1.165, 1.54) is 0 Å². The van der Waals surface area contributed by atoms with Crippen LogP contribution < -0.4 is 4.74 Å². The zero-order valence-electron chi connectivity index (χ0n) is 12.4. The minimum Gasteiger partial charge on any atom is -0.493 e. The number of rotatable bonds is 6. The molecule has 2 heteroatoms. The molecular formula is C17H24O2. The monoisotopic (exact) mass is 260 g/mol. The average molecular weight is 260 g/mol.